The van der Waals surface area contributed by atoms with E-state index in [4.69, 9.17) is 0 Å². The van der Waals surface area contributed by atoms with E-state index in [1.807, 2.05) is 20.8 Å². The SMILES string of the molecule is CC(C)(C)C(=O)NCCNC(=O)C1CCCCN1. The van der Waals surface area contributed by atoms with E-state index in [-0.39, 0.29) is 23.3 Å². The number of amides is 2. The monoisotopic (exact) mass is 255 g/mol. The van der Waals surface area contributed by atoms with Crippen molar-refractivity contribution in [1.82, 2.24) is 16.0 Å². The van der Waals surface area contributed by atoms with E-state index < -0.39 is 0 Å². The van der Waals surface area contributed by atoms with Crippen LogP contribution in [0, 0.1) is 5.41 Å². The Labute approximate surface area is 109 Å². The molecule has 1 aliphatic rings. The third-order valence-electron chi connectivity index (χ3n) is 3.02. The topological polar surface area (TPSA) is 70.2 Å². The van der Waals surface area contributed by atoms with Crippen molar-refractivity contribution in [2.24, 2.45) is 5.41 Å². The van der Waals surface area contributed by atoms with Crippen molar-refractivity contribution in [1.29, 1.82) is 0 Å². The highest BCUT2D eigenvalue weighted by atomic mass is 16.2. The van der Waals surface area contributed by atoms with Crippen molar-refractivity contribution in [3.05, 3.63) is 0 Å². The summed E-state index contributed by atoms with van der Waals surface area (Å²) in [6, 6.07) is -0.0583. The van der Waals surface area contributed by atoms with Crippen LogP contribution in [0.1, 0.15) is 40.0 Å². The lowest BCUT2D eigenvalue weighted by atomic mass is 9.96. The lowest BCUT2D eigenvalue weighted by Crippen LogP contribution is -2.48. The predicted octanol–water partition coefficient (Wildman–Crippen LogP) is 0.407. The molecule has 1 unspecified atom stereocenters. The van der Waals surface area contributed by atoms with Crippen molar-refractivity contribution in [2.75, 3.05) is 19.6 Å². The second kappa shape index (κ2) is 6.73. The Hall–Kier alpha value is -1.10. The third-order valence-corrected chi connectivity index (χ3v) is 3.02. The van der Waals surface area contributed by atoms with Gasteiger partial charge in [-0.15, -0.1) is 0 Å². The van der Waals surface area contributed by atoms with Gasteiger partial charge in [-0.1, -0.05) is 27.2 Å². The van der Waals surface area contributed by atoms with Crippen LogP contribution in [0.3, 0.4) is 0 Å². The first-order valence-electron chi connectivity index (χ1n) is 6.70. The number of rotatable bonds is 4. The molecule has 3 N–H and O–H groups in total. The molecule has 1 rings (SSSR count). The van der Waals surface area contributed by atoms with Gasteiger partial charge in [0.1, 0.15) is 0 Å². The average molecular weight is 255 g/mol. The van der Waals surface area contributed by atoms with E-state index in [9.17, 15) is 9.59 Å². The third kappa shape index (κ3) is 5.04. The van der Waals surface area contributed by atoms with Gasteiger partial charge in [0.15, 0.2) is 0 Å². The molecule has 1 saturated heterocycles. The molecule has 18 heavy (non-hydrogen) atoms. The largest absolute Gasteiger partial charge is 0.354 e. The molecule has 0 spiro atoms. The highest BCUT2D eigenvalue weighted by Crippen LogP contribution is 2.11. The van der Waals surface area contributed by atoms with Crippen LogP contribution in [0.15, 0.2) is 0 Å². The van der Waals surface area contributed by atoms with Gasteiger partial charge in [-0.05, 0) is 19.4 Å². The summed E-state index contributed by atoms with van der Waals surface area (Å²) in [6.45, 7) is 7.48. The molecule has 0 aromatic heterocycles. The molecule has 0 aromatic carbocycles. The van der Waals surface area contributed by atoms with Crippen LogP contribution in [0.5, 0.6) is 0 Å². The Morgan fingerprint density at radius 2 is 1.83 bits per heavy atom. The zero-order valence-electron chi connectivity index (χ0n) is 11.6. The molecule has 104 valence electrons. The van der Waals surface area contributed by atoms with Gasteiger partial charge in [0.05, 0.1) is 6.04 Å². The summed E-state index contributed by atoms with van der Waals surface area (Å²) in [6.07, 6.45) is 3.15. The summed E-state index contributed by atoms with van der Waals surface area (Å²) >= 11 is 0. The highest BCUT2D eigenvalue weighted by molar-refractivity contribution is 5.82. The summed E-state index contributed by atoms with van der Waals surface area (Å²) < 4.78 is 0. The summed E-state index contributed by atoms with van der Waals surface area (Å²) in [7, 11) is 0. The fourth-order valence-electron chi connectivity index (χ4n) is 1.83. The van der Waals surface area contributed by atoms with Crippen molar-refractivity contribution in [3.63, 3.8) is 0 Å². The van der Waals surface area contributed by atoms with Gasteiger partial charge < -0.3 is 16.0 Å². The Balaban J connectivity index is 2.14. The zero-order valence-corrected chi connectivity index (χ0v) is 11.6. The quantitative estimate of drug-likeness (QED) is 0.637. The van der Waals surface area contributed by atoms with Crippen LogP contribution < -0.4 is 16.0 Å². The van der Waals surface area contributed by atoms with E-state index in [1.54, 1.807) is 0 Å². The van der Waals surface area contributed by atoms with E-state index in [1.165, 1.54) is 0 Å². The number of hydrogen-bond donors (Lipinski definition) is 3. The first-order valence-corrected chi connectivity index (χ1v) is 6.70. The Kier molecular flexibility index (Phi) is 5.59. The normalized spacial score (nSPS) is 20.3. The van der Waals surface area contributed by atoms with Crippen LogP contribution in [0.2, 0.25) is 0 Å². The van der Waals surface area contributed by atoms with Crippen LogP contribution in [-0.4, -0.2) is 37.5 Å². The molecule has 5 heteroatoms. The Bertz CT molecular complexity index is 291. The number of carbonyl (C=O) groups excluding carboxylic acids is 2. The summed E-state index contributed by atoms with van der Waals surface area (Å²) in [5.74, 6) is 0.0484. The first-order chi connectivity index (χ1) is 8.41. The van der Waals surface area contributed by atoms with Gasteiger partial charge in [-0.3, -0.25) is 9.59 Å². The average Bonchev–Trinajstić information content (AvgIpc) is 2.34. The number of piperidine rings is 1. The van der Waals surface area contributed by atoms with E-state index in [2.05, 4.69) is 16.0 Å². The second-order valence-corrected chi connectivity index (χ2v) is 5.80. The molecular weight excluding hydrogens is 230 g/mol. The molecule has 0 radical (unpaired) electrons. The summed E-state index contributed by atoms with van der Waals surface area (Å²) in [5, 5.41) is 8.84. The predicted molar refractivity (Wildman–Crippen MR) is 71.1 cm³/mol. The Morgan fingerprint density at radius 1 is 1.17 bits per heavy atom. The Morgan fingerprint density at radius 3 is 2.39 bits per heavy atom. The standard InChI is InChI=1S/C13H25N3O2/c1-13(2,3)12(18)16-9-8-15-11(17)10-6-4-5-7-14-10/h10,14H,4-9H2,1-3H3,(H,15,17)(H,16,18). The maximum absolute atomic E-state index is 11.8. The van der Waals surface area contributed by atoms with Gasteiger partial charge in [0.2, 0.25) is 11.8 Å². The molecule has 2 amide bonds. The van der Waals surface area contributed by atoms with Gasteiger partial charge in [0.25, 0.3) is 0 Å². The summed E-state index contributed by atoms with van der Waals surface area (Å²) in [4.78, 5) is 23.3. The fraction of sp³-hybridized carbons (Fsp3) is 0.846. The first kappa shape index (κ1) is 15.0. The fourth-order valence-corrected chi connectivity index (χ4v) is 1.83. The van der Waals surface area contributed by atoms with E-state index in [0.717, 1.165) is 25.8 Å². The number of nitrogens with one attached hydrogen (secondary N) is 3. The number of carbonyl (C=O) groups is 2. The molecular formula is C13H25N3O2. The maximum atomic E-state index is 11.8. The van der Waals surface area contributed by atoms with Crippen molar-refractivity contribution >= 4 is 11.8 Å². The van der Waals surface area contributed by atoms with Crippen molar-refractivity contribution < 1.29 is 9.59 Å². The van der Waals surface area contributed by atoms with E-state index >= 15 is 0 Å². The minimum absolute atomic E-state index is 0.00698. The lowest BCUT2D eigenvalue weighted by molar-refractivity contribution is -0.129. The molecule has 1 fully saturated rings. The van der Waals surface area contributed by atoms with Crippen LogP contribution in [0.4, 0.5) is 0 Å². The van der Waals surface area contributed by atoms with Crippen molar-refractivity contribution in [2.45, 2.75) is 46.1 Å². The van der Waals surface area contributed by atoms with Gasteiger partial charge >= 0.3 is 0 Å². The molecule has 1 heterocycles. The molecule has 1 aliphatic heterocycles. The molecule has 0 aromatic rings. The van der Waals surface area contributed by atoms with E-state index in [0.29, 0.717) is 13.1 Å². The molecule has 0 bridgehead atoms. The minimum Gasteiger partial charge on any atom is -0.354 e. The molecule has 5 nitrogen and oxygen atoms in total. The van der Waals surface area contributed by atoms with Crippen molar-refractivity contribution in [3.8, 4) is 0 Å². The van der Waals surface area contributed by atoms with Crippen LogP contribution in [0.25, 0.3) is 0 Å². The van der Waals surface area contributed by atoms with Crippen LogP contribution >= 0.6 is 0 Å². The minimum atomic E-state index is -0.380. The molecule has 0 saturated carbocycles. The highest BCUT2D eigenvalue weighted by Gasteiger charge is 2.21. The van der Waals surface area contributed by atoms with Gasteiger partial charge in [-0.25, -0.2) is 0 Å². The molecule has 0 aliphatic carbocycles. The maximum Gasteiger partial charge on any atom is 0.237 e. The summed E-state index contributed by atoms with van der Waals surface area (Å²) in [5.41, 5.74) is -0.380. The van der Waals surface area contributed by atoms with Gasteiger partial charge in [-0.2, -0.15) is 0 Å². The van der Waals surface area contributed by atoms with Crippen LogP contribution in [-0.2, 0) is 9.59 Å². The van der Waals surface area contributed by atoms with Gasteiger partial charge in [0, 0.05) is 18.5 Å². The number of hydrogen-bond acceptors (Lipinski definition) is 3. The smallest absolute Gasteiger partial charge is 0.237 e. The molecule has 1 atom stereocenters. The zero-order chi connectivity index (χ0) is 13.6. The second-order valence-electron chi connectivity index (χ2n) is 5.80. The lowest BCUT2D eigenvalue weighted by Gasteiger charge is -2.23.